The molecule has 21 heavy (non-hydrogen) atoms. The van der Waals surface area contributed by atoms with Crippen molar-refractivity contribution in [2.75, 3.05) is 25.6 Å². The second-order valence-corrected chi connectivity index (χ2v) is 5.08. The van der Waals surface area contributed by atoms with Crippen molar-refractivity contribution in [2.45, 2.75) is 12.5 Å². The lowest BCUT2D eigenvalue weighted by atomic mass is 10.1. The van der Waals surface area contributed by atoms with Gasteiger partial charge in [0, 0.05) is 30.3 Å². The van der Waals surface area contributed by atoms with Crippen molar-refractivity contribution in [3.8, 4) is 6.07 Å². The van der Waals surface area contributed by atoms with Gasteiger partial charge in [-0.2, -0.15) is 5.26 Å². The molecule has 1 heterocycles. The number of methoxy groups -OCH3 is 1. The van der Waals surface area contributed by atoms with Gasteiger partial charge in [-0.05, 0) is 24.6 Å². The van der Waals surface area contributed by atoms with Crippen LogP contribution in [0, 0.1) is 11.3 Å². The molecule has 110 valence electrons. The number of aliphatic hydroxyl groups excluding tert-OH is 1. The third kappa shape index (κ3) is 3.82. The second-order valence-electron chi connectivity index (χ2n) is 4.64. The van der Waals surface area contributed by atoms with Gasteiger partial charge < -0.3 is 15.2 Å². The number of nitriles is 1. The monoisotopic (exact) mass is 305 g/mol. The molecule has 0 saturated heterocycles. The first-order valence-corrected chi connectivity index (χ1v) is 6.92. The van der Waals surface area contributed by atoms with Gasteiger partial charge in [-0.25, -0.2) is 0 Å². The van der Waals surface area contributed by atoms with Crippen LogP contribution in [0.4, 0.5) is 5.69 Å². The molecular weight excluding hydrogens is 290 g/mol. The molecule has 0 aliphatic carbocycles. The van der Waals surface area contributed by atoms with Gasteiger partial charge >= 0.3 is 0 Å². The number of pyridine rings is 1. The predicted molar refractivity (Wildman–Crippen MR) is 82.5 cm³/mol. The zero-order valence-corrected chi connectivity index (χ0v) is 12.4. The van der Waals surface area contributed by atoms with Gasteiger partial charge in [-0.1, -0.05) is 11.6 Å². The second kappa shape index (κ2) is 7.23. The van der Waals surface area contributed by atoms with E-state index in [-0.39, 0.29) is 6.61 Å². The fraction of sp³-hybridized carbons (Fsp3) is 0.333. The average molecular weight is 306 g/mol. The summed E-state index contributed by atoms with van der Waals surface area (Å²) in [6.45, 7) is 0.806. The molecule has 2 aromatic rings. The van der Waals surface area contributed by atoms with E-state index in [2.05, 4.69) is 16.4 Å². The van der Waals surface area contributed by atoms with E-state index in [1.807, 2.05) is 6.07 Å². The van der Waals surface area contributed by atoms with Crippen LogP contribution in [-0.4, -0.2) is 36.5 Å². The number of hydrogen-bond donors (Lipinski definition) is 2. The largest absolute Gasteiger partial charge is 0.391 e. The van der Waals surface area contributed by atoms with Crippen LogP contribution in [-0.2, 0) is 4.74 Å². The number of nitrogens with zero attached hydrogens (tertiary/aromatic N) is 2. The topological polar surface area (TPSA) is 78.2 Å². The van der Waals surface area contributed by atoms with Gasteiger partial charge in [0.15, 0.2) is 0 Å². The summed E-state index contributed by atoms with van der Waals surface area (Å²) in [7, 11) is 1.54. The Bertz CT molecular complexity index is 670. The number of anilines is 1. The predicted octanol–water partition coefficient (Wildman–Crippen LogP) is 2.57. The molecule has 6 heteroatoms. The Morgan fingerprint density at radius 3 is 3.05 bits per heavy atom. The highest BCUT2D eigenvalue weighted by molar-refractivity contribution is 6.31. The van der Waals surface area contributed by atoms with Crippen LogP contribution in [0.5, 0.6) is 0 Å². The lowest BCUT2D eigenvalue weighted by Gasteiger charge is -2.13. The molecule has 0 spiro atoms. The average Bonchev–Trinajstić information content (AvgIpc) is 2.47. The van der Waals surface area contributed by atoms with Crippen molar-refractivity contribution in [1.82, 2.24) is 4.98 Å². The van der Waals surface area contributed by atoms with E-state index < -0.39 is 6.10 Å². The molecule has 0 bridgehead atoms. The van der Waals surface area contributed by atoms with Gasteiger partial charge in [0.05, 0.1) is 29.5 Å². The minimum absolute atomic E-state index is 0.287. The van der Waals surface area contributed by atoms with Crippen LogP contribution in [0.2, 0.25) is 5.02 Å². The van der Waals surface area contributed by atoms with Crippen LogP contribution in [0.25, 0.3) is 10.9 Å². The number of aromatic nitrogens is 1. The van der Waals surface area contributed by atoms with Crippen LogP contribution in [0.3, 0.4) is 0 Å². The smallest absolute Gasteiger partial charge is 0.103 e. The van der Waals surface area contributed by atoms with Gasteiger partial charge in [-0.3, -0.25) is 4.98 Å². The molecule has 1 atom stereocenters. The molecule has 1 aromatic carbocycles. The highest BCUT2D eigenvalue weighted by Crippen LogP contribution is 2.28. The van der Waals surface area contributed by atoms with Crippen molar-refractivity contribution in [3.05, 3.63) is 35.0 Å². The molecule has 2 rings (SSSR count). The minimum Gasteiger partial charge on any atom is -0.391 e. The first-order chi connectivity index (χ1) is 10.2. The lowest BCUT2D eigenvalue weighted by Crippen LogP contribution is -2.18. The summed E-state index contributed by atoms with van der Waals surface area (Å²) in [5, 5.41) is 23.4. The molecule has 0 aliphatic heterocycles. The summed E-state index contributed by atoms with van der Waals surface area (Å²) in [6, 6.07) is 7.46. The Kier molecular flexibility index (Phi) is 5.34. The van der Waals surface area contributed by atoms with Crippen molar-refractivity contribution >= 4 is 28.2 Å². The number of rotatable bonds is 6. The number of halogens is 1. The number of benzene rings is 1. The normalized spacial score (nSPS) is 12.1. The van der Waals surface area contributed by atoms with Crippen molar-refractivity contribution in [1.29, 1.82) is 5.26 Å². The van der Waals surface area contributed by atoms with E-state index in [1.165, 1.54) is 6.20 Å². The molecular formula is C15H16ClN3O2. The van der Waals surface area contributed by atoms with Crippen LogP contribution >= 0.6 is 11.6 Å². The molecule has 0 aliphatic rings. The Hall–Kier alpha value is -1.87. The number of aliphatic hydroxyl groups is 1. The summed E-state index contributed by atoms with van der Waals surface area (Å²) in [5.74, 6) is 0. The summed E-state index contributed by atoms with van der Waals surface area (Å²) in [4.78, 5) is 4.24. The van der Waals surface area contributed by atoms with Gasteiger partial charge in [0.2, 0.25) is 0 Å². The van der Waals surface area contributed by atoms with E-state index in [0.29, 0.717) is 29.2 Å². The zero-order chi connectivity index (χ0) is 15.2. The van der Waals surface area contributed by atoms with E-state index >= 15 is 0 Å². The maximum Gasteiger partial charge on any atom is 0.103 e. The minimum atomic E-state index is -0.537. The van der Waals surface area contributed by atoms with Crippen LogP contribution in [0.15, 0.2) is 24.4 Å². The quantitative estimate of drug-likeness (QED) is 0.857. The highest BCUT2D eigenvalue weighted by Gasteiger charge is 2.10. The highest BCUT2D eigenvalue weighted by atomic mass is 35.5. The molecule has 1 unspecified atom stereocenters. The van der Waals surface area contributed by atoms with E-state index in [1.54, 1.807) is 19.2 Å². The molecule has 5 nitrogen and oxygen atoms in total. The molecule has 0 amide bonds. The summed E-state index contributed by atoms with van der Waals surface area (Å²) in [6.07, 6.45) is 1.51. The van der Waals surface area contributed by atoms with Crippen molar-refractivity contribution in [3.63, 3.8) is 0 Å². The third-order valence-corrected chi connectivity index (χ3v) is 3.32. The maximum atomic E-state index is 9.65. The lowest BCUT2D eigenvalue weighted by molar-refractivity contribution is 0.0615. The standard InChI is InChI=1S/C15H16ClN3O2/c1-21-9-12(20)4-5-18-15-10(7-17)8-19-14-3-2-11(16)6-13(14)15/h2-3,6,8,12,20H,4-5,9H2,1H3,(H,18,19). The van der Waals surface area contributed by atoms with E-state index in [4.69, 9.17) is 16.3 Å². The van der Waals surface area contributed by atoms with E-state index in [0.717, 1.165) is 10.9 Å². The zero-order valence-electron chi connectivity index (χ0n) is 11.6. The van der Waals surface area contributed by atoms with Crippen molar-refractivity contribution < 1.29 is 9.84 Å². The fourth-order valence-corrected chi connectivity index (χ4v) is 2.25. The fourth-order valence-electron chi connectivity index (χ4n) is 2.08. The SMILES string of the molecule is COCC(O)CCNc1c(C#N)cnc2ccc(Cl)cc12. The van der Waals surface area contributed by atoms with Crippen LogP contribution in [0.1, 0.15) is 12.0 Å². The Morgan fingerprint density at radius 2 is 2.33 bits per heavy atom. The number of ether oxygens (including phenoxy) is 1. The molecule has 0 fully saturated rings. The molecule has 1 aromatic heterocycles. The Labute approximate surface area is 128 Å². The third-order valence-electron chi connectivity index (χ3n) is 3.09. The summed E-state index contributed by atoms with van der Waals surface area (Å²) < 4.78 is 4.88. The van der Waals surface area contributed by atoms with Crippen LogP contribution < -0.4 is 5.32 Å². The number of hydrogen-bond acceptors (Lipinski definition) is 5. The first kappa shape index (κ1) is 15.5. The van der Waals surface area contributed by atoms with Crippen molar-refractivity contribution in [2.24, 2.45) is 0 Å². The molecule has 0 radical (unpaired) electrons. The van der Waals surface area contributed by atoms with Gasteiger partial charge in [0.25, 0.3) is 0 Å². The first-order valence-electron chi connectivity index (χ1n) is 6.55. The molecule has 2 N–H and O–H groups in total. The van der Waals surface area contributed by atoms with E-state index in [9.17, 15) is 10.4 Å². The maximum absolute atomic E-state index is 9.65. The Morgan fingerprint density at radius 1 is 1.52 bits per heavy atom. The summed E-state index contributed by atoms with van der Waals surface area (Å²) in [5.41, 5.74) is 1.90. The van der Waals surface area contributed by atoms with Gasteiger partial charge in [0.1, 0.15) is 6.07 Å². The Balaban J connectivity index is 2.24. The van der Waals surface area contributed by atoms with Gasteiger partial charge in [-0.15, -0.1) is 0 Å². The number of nitrogens with one attached hydrogen (secondary N) is 1. The summed E-state index contributed by atoms with van der Waals surface area (Å²) >= 11 is 6.02. The molecule has 0 saturated carbocycles. The number of fused-ring (bicyclic) bond motifs is 1.